The van der Waals surface area contributed by atoms with Gasteiger partial charge in [-0.15, -0.1) is 0 Å². The SMILES string of the molecule is O=P(O)(O)C(F)(F)C(F)(F)C(F)(F)C(F)(F)C(F)(F)C(F)(F)C(F)(F)C(F)(F)C(F)(F)C(F)(F)C(F)(F)C(F)(F)C(F)(F)C(F)(F)Cl. The van der Waals surface area contributed by atoms with Crippen molar-refractivity contribution in [1.82, 2.24) is 0 Å². The zero-order valence-corrected chi connectivity index (χ0v) is 21.4. The van der Waals surface area contributed by atoms with Gasteiger partial charge in [-0.3, -0.25) is 4.57 Å². The maximum Gasteiger partial charge on any atom is 0.413 e. The van der Waals surface area contributed by atoms with E-state index in [0.717, 1.165) is 0 Å². The van der Waals surface area contributed by atoms with Gasteiger partial charge in [0.1, 0.15) is 0 Å². The van der Waals surface area contributed by atoms with Gasteiger partial charge in [-0.1, -0.05) is 0 Å². The Morgan fingerprint density at radius 3 is 0.553 bits per heavy atom. The van der Waals surface area contributed by atoms with Crippen molar-refractivity contribution < 1.29 is 137 Å². The molecule has 0 saturated heterocycles. The van der Waals surface area contributed by atoms with Crippen LogP contribution in [0.1, 0.15) is 0 Å². The first-order valence-electron chi connectivity index (χ1n) is 9.54. The number of halogens is 29. The maximum atomic E-state index is 13.7. The summed E-state index contributed by atoms with van der Waals surface area (Å²) in [6.07, 6.45) is 0. The third-order valence-electron chi connectivity index (χ3n) is 5.44. The zero-order chi connectivity index (χ0) is 39.5. The lowest BCUT2D eigenvalue weighted by Crippen LogP contribution is -2.79. The van der Waals surface area contributed by atoms with E-state index in [1.807, 2.05) is 0 Å². The molecule has 0 radical (unpaired) electrons. The van der Waals surface area contributed by atoms with Gasteiger partial charge >= 0.3 is 89.7 Å². The Kier molecular flexibility index (Phi) is 10.4. The summed E-state index contributed by atoms with van der Waals surface area (Å²) in [5.74, 6) is -114. The normalized spacial score (nSPS) is 17.3. The van der Waals surface area contributed by atoms with E-state index < -0.39 is 89.7 Å². The summed E-state index contributed by atoms with van der Waals surface area (Å²) in [7, 11) is -8.42. The number of rotatable bonds is 14. The molecule has 0 unspecified atom stereocenters. The fraction of sp³-hybridized carbons (Fsp3) is 1.00. The second-order valence-corrected chi connectivity index (χ2v) is 10.6. The summed E-state index contributed by atoms with van der Waals surface area (Å²) in [6.45, 7) is 0. The molecule has 0 aromatic rings. The van der Waals surface area contributed by atoms with E-state index in [4.69, 9.17) is 9.79 Å². The minimum absolute atomic E-state index is 3.16. The lowest BCUT2D eigenvalue weighted by molar-refractivity contribution is -0.482. The summed E-state index contributed by atoms with van der Waals surface area (Å²) in [5, 5.41) is -7.36. The van der Waals surface area contributed by atoms with E-state index in [9.17, 15) is 127 Å². The number of alkyl halides is 29. The molecule has 0 aliphatic rings. The highest BCUT2D eigenvalue weighted by atomic mass is 35.5. The Balaban J connectivity index is 7.63. The monoisotopic (exact) mass is 816 g/mol. The fourth-order valence-corrected chi connectivity index (χ4v) is 3.15. The molecule has 0 heterocycles. The Morgan fingerprint density at radius 2 is 0.426 bits per heavy atom. The average molecular weight is 817 g/mol. The maximum absolute atomic E-state index is 13.7. The van der Waals surface area contributed by atoms with Gasteiger partial charge in [0.05, 0.1) is 0 Å². The number of hydrogen-bond acceptors (Lipinski definition) is 1. The van der Waals surface area contributed by atoms with Crippen LogP contribution < -0.4 is 0 Å². The van der Waals surface area contributed by atoms with Crippen molar-refractivity contribution in [3.05, 3.63) is 0 Å². The Labute approximate surface area is 239 Å². The molecule has 0 aliphatic carbocycles. The van der Waals surface area contributed by atoms with Crippen molar-refractivity contribution in [1.29, 1.82) is 0 Å². The highest BCUT2D eigenvalue weighted by Crippen LogP contribution is 2.71. The van der Waals surface area contributed by atoms with Crippen LogP contribution in [0.2, 0.25) is 0 Å². The van der Waals surface area contributed by atoms with Crippen LogP contribution in [0.5, 0.6) is 0 Å². The van der Waals surface area contributed by atoms with Crippen molar-refractivity contribution in [2.24, 2.45) is 0 Å². The molecule has 284 valence electrons. The molecular weight excluding hydrogens is 815 g/mol. The molecule has 3 nitrogen and oxygen atoms in total. The van der Waals surface area contributed by atoms with E-state index >= 15 is 0 Å². The average Bonchev–Trinajstić information content (AvgIpc) is 2.80. The third kappa shape index (κ3) is 5.18. The third-order valence-corrected chi connectivity index (χ3v) is 6.69. The summed E-state index contributed by atoms with van der Waals surface area (Å²) in [6, 6.07) is 0. The van der Waals surface area contributed by atoms with Gasteiger partial charge < -0.3 is 9.79 Å². The van der Waals surface area contributed by atoms with Crippen LogP contribution in [0.3, 0.4) is 0 Å². The van der Waals surface area contributed by atoms with Crippen LogP contribution in [0.15, 0.2) is 0 Å². The van der Waals surface area contributed by atoms with Crippen molar-refractivity contribution in [3.63, 3.8) is 0 Å². The van der Waals surface area contributed by atoms with Gasteiger partial charge in [-0.2, -0.15) is 123 Å². The first-order valence-corrected chi connectivity index (χ1v) is 11.5. The topological polar surface area (TPSA) is 57.5 Å². The van der Waals surface area contributed by atoms with Crippen molar-refractivity contribution >= 4 is 19.2 Å². The minimum Gasteiger partial charge on any atom is -0.320 e. The van der Waals surface area contributed by atoms with Crippen LogP contribution in [0, 0.1) is 0 Å². The van der Waals surface area contributed by atoms with E-state index in [1.54, 1.807) is 0 Å². The van der Waals surface area contributed by atoms with Gasteiger partial charge in [-0.25, -0.2) is 0 Å². The molecule has 0 aromatic carbocycles. The molecule has 0 bridgehead atoms. The first-order chi connectivity index (χ1) is 19.5. The van der Waals surface area contributed by atoms with Gasteiger partial charge in [0.15, 0.2) is 0 Å². The largest absolute Gasteiger partial charge is 0.413 e. The number of hydrogen-bond donors (Lipinski definition) is 2. The van der Waals surface area contributed by atoms with Crippen LogP contribution >= 0.6 is 19.2 Å². The summed E-state index contributed by atoms with van der Waals surface area (Å²) in [5.41, 5.74) is -8.18. The lowest BCUT2D eigenvalue weighted by atomic mass is 9.84. The Morgan fingerprint density at radius 1 is 0.298 bits per heavy atom. The van der Waals surface area contributed by atoms with E-state index in [1.165, 1.54) is 0 Å². The molecule has 33 heteroatoms. The highest BCUT2D eigenvalue weighted by molar-refractivity contribution is 7.53. The second-order valence-electron chi connectivity index (χ2n) is 8.48. The molecule has 0 amide bonds. The molecule has 0 aliphatic heterocycles. The van der Waals surface area contributed by atoms with Crippen molar-refractivity contribution in [3.8, 4) is 0 Å². The molecule has 0 saturated carbocycles. The summed E-state index contributed by atoms with van der Waals surface area (Å²) in [4.78, 5) is 15.8. The van der Waals surface area contributed by atoms with Gasteiger partial charge in [0.25, 0.3) is 0 Å². The molecule has 47 heavy (non-hydrogen) atoms. The first kappa shape index (κ1) is 45.5. The van der Waals surface area contributed by atoms with Crippen LogP contribution in [0.4, 0.5) is 123 Å². The van der Waals surface area contributed by atoms with Crippen molar-refractivity contribution in [2.75, 3.05) is 0 Å². The minimum atomic E-state index is -10.00. The summed E-state index contributed by atoms with van der Waals surface area (Å²) >= 11 is 3.16. The molecule has 2 N–H and O–H groups in total. The van der Waals surface area contributed by atoms with E-state index in [2.05, 4.69) is 11.6 Å². The molecule has 0 spiro atoms. The van der Waals surface area contributed by atoms with Crippen LogP contribution in [-0.4, -0.2) is 91.9 Å². The highest BCUT2D eigenvalue weighted by Gasteiger charge is 3.01. The van der Waals surface area contributed by atoms with E-state index in [0.29, 0.717) is 0 Å². The van der Waals surface area contributed by atoms with Gasteiger partial charge in [0, 0.05) is 0 Å². The molecule has 0 atom stereocenters. The van der Waals surface area contributed by atoms with Gasteiger partial charge in [0.2, 0.25) is 0 Å². The fourth-order valence-electron chi connectivity index (χ4n) is 2.52. The quantitative estimate of drug-likeness (QED) is 0.105. The van der Waals surface area contributed by atoms with Crippen LogP contribution in [-0.2, 0) is 4.57 Å². The smallest absolute Gasteiger partial charge is 0.320 e. The Bertz CT molecular complexity index is 1230. The second kappa shape index (κ2) is 10.7. The van der Waals surface area contributed by atoms with E-state index in [-0.39, 0.29) is 0 Å². The zero-order valence-electron chi connectivity index (χ0n) is 19.7. The van der Waals surface area contributed by atoms with Gasteiger partial charge in [-0.05, 0) is 11.6 Å². The predicted molar refractivity (Wildman–Crippen MR) is 87.2 cm³/mol. The Hall–Kier alpha value is -1.52. The van der Waals surface area contributed by atoms with Crippen LogP contribution in [0.25, 0.3) is 0 Å². The van der Waals surface area contributed by atoms with Crippen molar-refractivity contribution in [2.45, 2.75) is 82.1 Å². The molecular formula is C14H2ClF28O3P. The molecule has 0 aromatic heterocycles. The lowest BCUT2D eigenvalue weighted by Gasteiger charge is -2.46. The molecule has 0 rings (SSSR count). The summed E-state index contributed by atoms with van der Waals surface area (Å²) < 4.78 is 385. The molecule has 0 fully saturated rings. The predicted octanol–water partition coefficient (Wildman–Crippen LogP) is 9.21. The standard InChI is InChI=1S/C14H2ClF28O3P/c15-13(40,41)11(36,37)9(32,33)7(28,29)5(24,25)3(20,21)1(16,17)2(18,19)4(22,23)6(26,27)8(30,31)10(34,35)12(38,39)14(42,43)47(44,45)46/h(H2,44,45,46).